The summed E-state index contributed by atoms with van der Waals surface area (Å²) in [6.07, 6.45) is 1.22. The van der Waals surface area contributed by atoms with Crippen molar-refractivity contribution in [2.24, 2.45) is 0 Å². The van der Waals surface area contributed by atoms with E-state index in [1.165, 1.54) is 12.1 Å². The molecule has 2 aliphatic heterocycles. The predicted molar refractivity (Wildman–Crippen MR) is 100 cm³/mol. The van der Waals surface area contributed by atoms with E-state index >= 15 is 0 Å². The molecule has 27 heavy (non-hydrogen) atoms. The van der Waals surface area contributed by atoms with Gasteiger partial charge in [-0.15, -0.1) is 0 Å². The van der Waals surface area contributed by atoms with Crippen LogP contribution >= 0.6 is 0 Å². The first-order valence-electron chi connectivity index (χ1n) is 9.06. The molecule has 3 rings (SSSR count). The molecule has 0 saturated carbocycles. The molecule has 1 amide bonds. The number of aliphatic hydroxyl groups is 1. The Bertz CT molecular complexity index is 803. The van der Waals surface area contributed by atoms with Crippen molar-refractivity contribution in [2.45, 2.75) is 32.3 Å². The largest absolute Gasteiger partial charge is 0.483 e. The highest BCUT2D eigenvalue weighted by Crippen LogP contribution is 2.44. The van der Waals surface area contributed by atoms with E-state index in [1.807, 2.05) is 25.8 Å². The molecule has 1 fully saturated rings. The zero-order valence-corrected chi connectivity index (χ0v) is 15.9. The third kappa shape index (κ3) is 3.68. The maximum absolute atomic E-state index is 12.5. The zero-order valence-electron chi connectivity index (χ0n) is 15.9. The van der Waals surface area contributed by atoms with Crippen LogP contribution < -0.4 is 4.74 Å². The number of nitrogens with zero attached hydrogens (tertiary/aromatic N) is 3. The van der Waals surface area contributed by atoms with Gasteiger partial charge in [0.1, 0.15) is 11.4 Å². The Hall–Kier alpha value is -2.45. The van der Waals surface area contributed by atoms with Crippen molar-refractivity contribution in [3.63, 3.8) is 0 Å². The number of amides is 1. The molecule has 1 saturated heterocycles. The SMILES string of the molecule is CN(CCO)CC1=C(N2CCCC2=O)c2cc([N+](=O)[O-])ccc2OC1(C)C. The molecule has 1 N–H and O–H groups in total. The Morgan fingerprint density at radius 3 is 2.74 bits per heavy atom. The number of non-ortho nitro benzene ring substituents is 1. The molecule has 0 aliphatic carbocycles. The second-order valence-corrected chi connectivity index (χ2v) is 7.49. The minimum atomic E-state index is -0.689. The van der Waals surface area contributed by atoms with Crippen molar-refractivity contribution in [1.29, 1.82) is 0 Å². The highest BCUT2D eigenvalue weighted by molar-refractivity contribution is 5.92. The van der Waals surface area contributed by atoms with Gasteiger partial charge in [-0.05, 0) is 33.4 Å². The van der Waals surface area contributed by atoms with Gasteiger partial charge >= 0.3 is 0 Å². The van der Waals surface area contributed by atoms with Gasteiger partial charge in [-0.3, -0.25) is 19.8 Å². The van der Waals surface area contributed by atoms with Crippen LogP contribution in [0.3, 0.4) is 0 Å². The van der Waals surface area contributed by atoms with E-state index in [-0.39, 0.29) is 18.2 Å². The van der Waals surface area contributed by atoms with E-state index in [2.05, 4.69) is 0 Å². The molecule has 8 nitrogen and oxygen atoms in total. The molecule has 8 heteroatoms. The molecule has 0 spiro atoms. The summed E-state index contributed by atoms with van der Waals surface area (Å²) in [4.78, 5) is 27.1. The number of hydrogen-bond donors (Lipinski definition) is 1. The summed E-state index contributed by atoms with van der Waals surface area (Å²) in [5.74, 6) is 0.552. The molecule has 1 aromatic carbocycles. The van der Waals surface area contributed by atoms with Crippen LogP contribution in [-0.2, 0) is 4.79 Å². The van der Waals surface area contributed by atoms with Gasteiger partial charge in [0.25, 0.3) is 5.69 Å². The van der Waals surface area contributed by atoms with Crippen molar-refractivity contribution < 1.29 is 19.6 Å². The smallest absolute Gasteiger partial charge is 0.270 e. The Balaban J connectivity index is 2.20. The van der Waals surface area contributed by atoms with Crippen molar-refractivity contribution in [3.8, 4) is 5.75 Å². The maximum atomic E-state index is 12.5. The van der Waals surface area contributed by atoms with Crippen LogP contribution in [-0.4, -0.2) is 64.6 Å². The minimum absolute atomic E-state index is 0.0162. The van der Waals surface area contributed by atoms with E-state index in [9.17, 15) is 20.0 Å². The lowest BCUT2D eigenvalue weighted by atomic mass is 9.88. The molecule has 0 atom stereocenters. The Morgan fingerprint density at radius 2 is 2.15 bits per heavy atom. The lowest BCUT2D eigenvalue weighted by Gasteiger charge is -2.40. The molecule has 0 aromatic heterocycles. The summed E-state index contributed by atoms with van der Waals surface area (Å²) in [5.41, 5.74) is 1.43. The van der Waals surface area contributed by atoms with Gasteiger partial charge in [0.2, 0.25) is 5.91 Å². The Morgan fingerprint density at radius 1 is 1.41 bits per heavy atom. The van der Waals surface area contributed by atoms with E-state index < -0.39 is 10.5 Å². The van der Waals surface area contributed by atoms with Crippen LogP contribution in [0.5, 0.6) is 5.75 Å². The van der Waals surface area contributed by atoms with Gasteiger partial charge in [0.15, 0.2) is 0 Å². The number of hydrogen-bond acceptors (Lipinski definition) is 6. The number of fused-ring (bicyclic) bond motifs is 1. The fourth-order valence-electron chi connectivity index (χ4n) is 3.67. The molecular weight excluding hydrogens is 350 g/mol. The molecule has 1 aromatic rings. The predicted octanol–water partition coefficient (Wildman–Crippen LogP) is 2.02. The van der Waals surface area contributed by atoms with Crippen LogP contribution in [0.4, 0.5) is 5.69 Å². The molecular formula is C19H25N3O5. The van der Waals surface area contributed by atoms with Crippen LogP contribution in [0.15, 0.2) is 23.8 Å². The van der Waals surface area contributed by atoms with Gasteiger partial charge in [0.05, 0.1) is 17.2 Å². The number of aliphatic hydroxyl groups excluding tert-OH is 1. The number of nitro benzene ring substituents is 1. The molecule has 0 unspecified atom stereocenters. The summed E-state index contributed by atoms with van der Waals surface area (Å²) in [6, 6.07) is 4.50. The first-order chi connectivity index (χ1) is 12.7. The highest BCUT2D eigenvalue weighted by atomic mass is 16.6. The summed E-state index contributed by atoms with van der Waals surface area (Å²) in [7, 11) is 1.88. The van der Waals surface area contributed by atoms with E-state index in [4.69, 9.17) is 4.74 Å². The average Bonchev–Trinajstić information content (AvgIpc) is 3.00. The zero-order chi connectivity index (χ0) is 19.8. The van der Waals surface area contributed by atoms with Crippen LogP contribution in [0, 0.1) is 10.1 Å². The third-order valence-corrected chi connectivity index (χ3v) is 5.06. The minimum Gasteiger partial charge on any atom is -0.483 e. The summed E-state index contributed by atoms with van der Waals surface area (Å²) in [6.45, 7) is 5.42. The number of likely N-dealkylation sites (N-methyl/N-ethyl adjacent to an activating group) is 1. The van der Waals surface area contributed by atoms with Crippen molar-refractivity contribution in [1.82, 2.24) is 9.80 Å². The number of benzene rings is 1. The molecule has 0 radical (unpaired) electrons. The number of rotatable bonds is 6. The Labute approximate surface area is 158 Å². The van der Waals surface area contributed by atoms with Gasteiger partial charge in [0, 0.05) is 49.3 Å². The number of likely N-dealkylation sites (tertiary alicyclic amines) is 1. The summed E-state index contributed by atoms with van der Waals surface area (Å²) < 4.78 is 6.16. The molecule has 2 heterocycles. The van der Waals surface area contributed by atoms with Gasteiger partial charge < -0.3 is 14.7 Å². The van der Waals surface area contributed by atoms with E-state index in [0.29, 0.717) is 43.1 Å². The van der Waals surface area contributed by atoms with Crippen molar-refractivity contribution in [3.05, 3.63) is 39.4 Å². The normalized spacial score (nSPS) is 18.7. The second-order valence-electron chi connectivity index (χ2n) is 7.49. The second kappa shape index (κ2) is 7.28. The van der Waals surface area contributed by atoms with Crippen LogP contribution in [0.1, 0.15) is 32.3 Å². The molecule has 146 valence electrons. The molecule has 0 bridgehead atoms. The Kier molecular flexibility index (Phi) is 5.21. The molecule has 2 aliphatic rings. The number of carbonyl (C=O) groups is 1. The summed E-state index contributed by atoms with van der Waals surface area (Å²) >= 11 is 0. The lowest BCUT2D eigenvalue weighted by Crippen LogP contribution is -2.43. The van der Waals surface area contributed by atoms with E-state index in [0.717, 1.165) is 12.0 Å². The van der Waals surface area contributed by atoms with Crippen LogP contribution in [0.2, 0.25) is 0 Å². The number of carbonyl (C=O) groups excluding carboxylic acids is 1. The monoisotopic (exact) mass is 375 g/mol. The van der Waals surface area contributed by atoms with E-state index in [1.54, 1.807) is 11.0 Å². The first kappa shape index (κ1) is 19.3. The van der Waals surface area contributed by atoms with Crippen molar-refractivity contribution in [2.75, 3.05) is 33.3 Å². The quantitative estimate of drug-likeness (QED) is 0.604. The maximum Gasteiger partial charge on any atom is 0.270 e. The lowest BCUT2D eigenvalue weighted by molar-refractivity contribution is -0.384. The topological polar surface area (TPSA) is 96.2 Å². The summed E-state index contributed by atoms with van der Waals surface area (Å²) in [5, 5.41) is 20.5. The number of ether oxygens (including phenoxy) is 1. The highest BCUT2D eigenvalue weighted by Gasteiger charge is 2.40. The fourth-order valence-corrected chi connectivity index (χ4v) is 3.67. The van der Waals surface area contributed by atoms with Crippen molar-refractivity contribution >= 4 is 17.3 Å². The van der Waals surface area contributed by atoms with Crippen LogP contribution in [0.25, 0.3) is 5.70 Å². The third-order valence-electron chi connectivity index (χ3n) is 5.06. The van der Waals surface area contributed by atoms with Gasteiger partial charge in [-0.1, -0.05) is 0 Å². The number of nitro groups is 1. The first-order valence-corrected chi connectivity index (χ1v) is 9.06. The average molecular weight is 375 g/mol. The fraction of sp³-hybridized carbons (Fsp3) is 0.526. The standard InChI is InChI=1S/C19H25N3O5/c1-19(2)15(12-20(3)9-10-23)18(21-8-4-5-17(21)24)14-11-13(22(25)26)6-7-16(14)27-19/h6-7,11,23H,4-5,8-10,12H2,1-3H3. The van der Waals surface area contributed by atoms with Gasteiger partial charge in [-0.2, -0.15) is 0 Å². The van der Waals surface area contributed by atoms with Gasteiger partial charge in [-0.25, -0.2) is 0 Å².